The van der Waals surface area contributed by atoms with Crippen molar-refractivity contribution in [3.8, 4) is 0 Å². The fraction of sp³-hybridized carbons (Fsp3) is 0.231. The molecule has 2 aromatic carbocycles. The lowest BCUT2D eigenvalue weighted by Crippen LogP contribution is -2.36. The van der Waals surface area contributed by atoms with Gasteiger partial charge in [-0.15, -0.1) is 0 Å². The second-order valence-corrected chi connectivity index (χ2v) is 10.3. The van der Waals surface area contributed by atoms with Crippen LogP contribution in [0, 0.1) is 0 Å². The minimum absolute atomic E-state index is 0.0625. The van der Waals surface area contributed by atoms with Crippen LogP contribution in [0.5, 0.6) is 0 Å². The molecule has 0 bridgehead atoms. The van der Waals surface area contributed by atoms with Crippen LogP contribution in [0.3, 0.4) is 0 Å². The Morgan fingerprint density at radius 2 is 1.64 bits per heavy atom. The van der Waals surface area contributed by atoms with Crippen molar-refractivity contribution in [1.29, 1.82) is 0 Å². The molecule has 1 aromatic heterocycles. The summed E-state index contributed by atoms with van der Waals surface area (Å²) in [5, 5.41) is 0. The van der Waals surface area contributed by atoms with Crippen LogP contribution >= 0.6 is 12.2 Å². The number of rotatable bonds is 2. The van der Waals surface area contributed by atoms with Crippen LogP contribution in [0.25, 0.3) is 5.57 Å². The number of hydrogen-bond donors (Lipinski definition) is 1. The van der Waals surface area contributed by atoms with Gasteiger partial charge in [-0.25, -0.2) is 0 Å². The van der Waals surface area contributed by atoms with Crippen molar-refractivity contribution in [1.82, 2.24) is 9.88 Å². The van der Waals surface area contributed by atoms with Gasteiger partial charge in [0, 0.05) is 30.4 Å². The summed E-state index contributed by atoms with van der Waals surface area (Å²) in [5.74, 6) is 0. The number of nitrogens with zero attached hydrogens (tertiary/aromatic N) is 2. The van der Waals surface area contributed by atoms with E-state index in [1.54, 1.807) is 6.07 Å². The molecule has 1 aliphatic carbocycles. The Kier molecular flexibility index (Phi) is 5.86. The van der Waals surface area contributed by atoms with Crippen LogP contribution < -0.4 is 0 Å². The summed E-state index contributed by atoms with van der Waals surface area (Å²) in [6.07, 6.45) is 5.00. The summed E-state index contributed by atoms with van der Waals surface area (Å²) in [6, 6.07) is 19.1. The minimum atomic E-state index is -4.25. The zero-order chi connectivity index (χ0) is 23.0. The highest BCUT2D eigenvalue weighted by molar-refractivity contribution is 7.85. The number of likely N-dealkylation sites (tertiary alicyclic amines) is 1. The first-order valence-electron chi connectivity index (χ1n) is 11.0. The zero-order valence-corrected chi connectivity index (χ0v) is 19.7. The molecular weight excluding hydrogens is 452 g/mol. The van der Waals surface area contributed by atoms with Gasteiger partial charge in [0.05, 0.1) is 10.6 Å². The van der Waals surface area contributed by atoms with E-state index in [1.807, 2.05) is 48.7 Å². The topological polar surface area (TPSA) is 70.5 Å². The van der Waals surface area contributed by atoms with Crippen molar-refractivity contribution in [2.75, 3.05) is 13.1 Å². The molecular formula is C26H24N2O3S2. The monoisotopic (exact) mass is 476 g/mol. The van der Waals surface area contributed by atoms with Gasteiger partial charge < -0.3 is 4.90 Å². The third-order valence-electron chi connectivity index (χ3n) is 6.46. The highest BCUT2D eigenvalue weighted by Crippen LogP contribution is 2.38. The first kappa shape index (κ1) is 21.9. The van der Waals surface area contributed by atoms with Crippen molar-refractivity contribution in [2.45, 2.75) is 30.6 Å². The smallest absolute Gasteiger partial charge is 0.294 e. The number of benzene rings is 2. The lowest BCUT2D eigenvalue weighted by molar-refractivity contribution is 0.395. The molecule has 168 valence electrons. The van der Waals surface area contributed by atoms with E-state index in [9.17, 15) is 13.0 Å². The molecule has 1 fully saturated rings. The van der Waals surface area contributed by atoms with Gasteiger partial charge in [-0.05, 0) is 60.6 Å². The maximum Gasteiger partial charge on any atom is 0.294 e. The quantitative estimate of drug-likeness (QED) is 0.427. The fourth-order valence-corrected chi connectivity index (χ4v) is 5.64. The van der Waals surface area contributed by atoms with Gasteiger partial charge in [0.15, 0.2) is 0 Å². The first-order valence-corrected chi connectivity index (χ1v) is 12.9. The molecule has 1 N–H and O–H groups in total. The Balaban J connectivity index is 1.54. The summed E-state index contributed by atoms with van der Waals surface area (Å²) in [4.78, 5) is 7.81. The molecule has 2 heterocycles. The van der Waals surface area contributed by atoms with Gasteiger partial charge in [-0.3, -0.25) is 9.54 Å². The van der Waals surface area contributed by atoms with Crippen molar-refractivity contribution in [3.63, 3.8) is 0 Å². The van der Waals surface area contributed by atoms with Crippen LogP contribution in [-0.4, -0.2) is 40.9 Å². The van der Waals surface area contributed by atoms with Crippen LogP contribution in [0.2, 0.25) is 0 Å². The maximum absolute atomic E-state index is 11.7. The number of piperidine rings is 1. The molecule has 0 unspecified atom stereocenters. The first-order chi connectivity index (χ1) is 15.9. The number of thiocarbonyl (C=S) groups is 1. The molecule has 5 rings (SSSR count). The largest absolute Gasteiger partial charge is 0.362 e. The van der Waals surface area contributed by atoms with E-state index in [0.717, 1.165) is 70.9 Å². The van der Waals surface area contributed by atoms with Crippen LogP contribution in [0.15, 0.2) is 77.3 Å². The predicted octanol–water partition coefficient (Wildman–Crippen LogP) is 4.70. The normalized spacial score (nSPS) is 16.1. The van der Waals surface area contributed by atoms with E-state index in [1.165, 1.54) is 11.6 Å². The number of aromatic nitrogens is 1. The number of aryl methyl sites for hydroxylation is 2. The van der Waals surface area contributed by atoms with E-state index in [-0.39, 0.29) is 4.90 Å². The molecule has 5 nitrogen and oxygen atoms in total. The standard InChI is InChI=1S/C26H24N2O3S2/c29-33(30,31)22-10-11-23-21(17-22)9-8-19-7-4-14-27-25(19)24(23)18-12-15-28(16-13-18)26(32)20-5-2-1-3-6-20/h1-7,10-11,14,17H,8-9,12-13,15-16H2,(H,29,30,31). The Bertz CT molecular complexity index is 1360. The lowest BCUT2D eigenvalue weighted by atomic mass is 9.88. The SMILES string of the molecule is O=S(=O)(O)c1ccc2c(c1)CCc1cccnc1C2=C1CCN(C(=S)c2ccccc2)CC1. The average Bonchev–Trinajstić information content (AvgIpc) is 3.00. The van der Waals surface area contributed by atoms with Gasteiger partial charge in [0.1, 0.15) is 4.99 Å². The molecule has 0 spiro atoms. The zero-order valence-electron chi connectivity index (χ0n) is 18.1. The minimum Gasteiger partial charge on any atom is -0.362 e. The molecule has 1 aliphatic heterocycles. The van der Waals surface area contributed by atoms with Crippen molar-refractivity contribution in [3.05, 3.63) is 100 Å². The Morgan fingerprint density at radius 1 is 0.909 bits per heavy atom. The number of hydrogen-bond acceptors (Lipinski definition) is 4. The molecule has 3 aromatic rings. The van der Waals surface area contributed by atoms with Crippen molar-refractivity contribution in [2.24, 2.45) is 0 Å². The molecule has 33 heavy (non-hydrogen) atoms. The second kappa shape index (κ2) is 8.82. The molecule has 7 heteroatoms. The van der Waals surface area contributed by atoms with Gasteiger partial charge in [0.2, 0.25) is 0 Å². The van der Waals surface area contributed by atoms with Crippen LogP contribution in [-0.2, 0) is 23.0 Å². The van der Waals surface area contributed by atoms with E-state index in [4.69, 9.17) is 17.2 Å². The Morgan fingerprint density at radius 3 is 2.36 bits per heavy atom. The summed E-state index contributed by atoms with van der Waals surface area (Å²) in [7, 11) is -4.25. The highest BCUT2D eigenvalue weighted by Gasteiger charge is 2.26. The van der Waals surface area contributed by atoms with E-state index >= 15 is 0 Å². The molecule has 0 atom stereocenters. The lowest BCUT2D eigenvalue weighted by Gasteiger charge is -2.32. The van der Waals surface area contributed by atoms with Gasteiger partial charge in [-0.2, -0.15) is 8.42 Å². The second-order valence-electron chi connectivity index (χ2n) is 8.44. The summed E-state index contributed by atoms with van der Waals surface area (Å²) < 4.78 is 33.0. The summed E-state index contributed by atoms with van der Waals surface area (Å²) >= 11 is 5.75. The third-order valence-corrected chi connectivity index (χ3v) is 7.81. The van der Waals surface area contributed by atoms with Gasteiger partial charge in [-0.1, -0.05) is 60.3 Å². The summed E-state index contributed by atoms with van der Waals surface area (Å²) in [5.41, 5.74) is 7.54. The number of pyridine rings is 1. The molecule has 0 amide bonds. The van der Waals surface area contributed by atoms with E-state index in [0.29, 0.717) is 6.42 Å². The third kappa shape index (κ3) is 4.36. The number of fused-ring (bicyclic) bond motifs is 2. The molecule has 0 radical (unpaired) electrons. The predicted molar refractivity (Wildman–Crippen MR) is 133 cm³/mol. The molecule has 1 saturated heterocycles. The van der Waals surface area contributed by atoms with Gasteiger partial charge in [0.25, 0.3) is 10.1 Å². The Labute approximate surface area is 199 Å². The van der Waals surface area contributed by atoms with E-state index < -0.39 is 10.1 Å². The van der Waals surface area contributed by atoms with Crippen LogP contribution in [0.1, 0.15) is 40.8 Å². The molecule has 0 saturated carbocycles. The van der Waals surface area contributed by atoms with Gasteiger partial charge >= 0.3 is 0 Å². The van der Waals surface area contributed by atoms with Crippen molar-refractivity contribution < 1.29 is 13.0 Å². The average molecular weight is 477 g/mol. The summed E-state index contributed by atoms with van der Waals surface area (Å²) in [6.45, 7) is 1.65. The van der Waals surface area contributed by atoms with Crippen LogP contribution in [0.4, 0.5) is 0 Å². The highest BCUT2D eigenvalue weighted by atomic mass is 32.2. The van der Waals surface area contributed by atoms with E-state index in [2.05, 4.69) is 11.0 Å². The Hall–Kier alpha value is -2.87. The fourth-order valence-electron chi connectivity index (χ4n) is 4.79. The molecule has 2 aliphatic rings. The maximum atomic E-state index is 11.7. The van der Waals surface area contributed by atoms with Crippen molar-refractivity contribution >= 4 is 32.9 Å².